The van der Waals surface area contributed by atoms with Gasteiger partial charge < -0.3 is 9.26 Å². The molecule has 2 atom stereocenters. The fourth-order valence-corrected chi connectivity index (χ4v) is 4.60. The van der Waals surface area contributed by atoms with E-state index in [1.807, 2.05) is 13.8 Å². The zero-order valence-electron chi connectivity index (χ0n) is 17.0. The summed E-state index contributed by atoms with van der Waals surface area (Å²) in [6, 6.07) is 7.57. The Morgan fingerprint density at radius 3 is 2.38 bits per heavy atom. The molecule has 0 aliphatic carbocycles. The van der Waals surface area contributed by atoms with Crippen molar-refractivity contribution < 1.29 is 32.2 Å². The third kappa shape index (κ3) is 9.38. The zero-order valence-corrected chi connectivity index (χ0v) is 18.7. The van der Waals surface area contributed by atoms with E-state index in [0.717, 1.165) is 17.3 Å². The molecule has 1 aromatic carbocycles. The van der Waals surface area contributed by atoms with Crippen molar-refractivity contribution >= 4 is 30.4 Å². The Balaban J connectivity index is 2.58. The lowest BCUT2D eigenvalue weighted by Gasteiger charge is -2.27. The van der Waals surface area contributed by atoms with Crippen molar-refractivity contribution in [1.82, 2.24) is 5.09 Å². The van der Waals surface area contributed by atoms with Crippen LogP contribution in [-0.4, -0.2) is 35.1 Å². The summed E-state index contributed by atoms with van der Waals surface area (Å²) in [4.78, 5) is 23.7. The number of esters is 1. The molecule has 1 N–H and O–H groups in total. The summed E-state index contributed by atoms with van der Waals surface area (Å²) in [6.45, 7) is 5.16. The molecule has 0 saturated carbocycles. The Morgan fingerprint density at radius 2 is 1.83 bits per heavy atom. The zero-order chi connectivity index (χ0) is 22.1. The average molecular weight is 451 g/mol. The van der Waals surface area contributed by atoms with Crippen molar-refractivity contribution in [1.29, 1.82) is 0 Å². The highest BCUT2D eigenvalue weighted by Crippen LogP contribution is 2.57. The van der Waals surface area contributed by atoms with Crippen LogP contribution in [0.3, 0.4) is 0 Å². The maximum absolute atomic E-state index is 13.9. The van der Waals surface area contributed by atoms with E-state index < -0.39 is 25.2 Å². The van der Waals surface area contributed by atoms with Gasteiger partial charge in [-0.1, -0.05) is 55.9 Å². The number of carbonyl (C=O) groups is 2. The predicted octanol–water partition coefficient (Wildman–Crippen LogP) is 4.84. The van der Waals surface area contributed by atoms with Gasteiger partial charge in [0.15, 0.2) is 5.12 Å². The van der Waals surface area contributed by atoms with Crippen molar-refractivity contribution in [3.8, 4) is 0 Å². The van der Waals surface area contributed by atoms with Crippen molar-refractivity contribution in [2.45, 2.75) is 52.4 Å². The minimum Gasteiger partial charge on any atom is -0.460 e. The average Bonchev–Trinajstić information content (AvgIpc) is 2.62. The number of benzene rings is 1. The Labute approximate surface area is 174 Å². The standard InChI is InChI=1S/C19H28F2NO5PS/c1-14(2)12-17(23)29-11-10-27-28(25,19(4,20)21)22-15(3)18(24)26-13-16-8-6-5-7-9-16/h5-9,14-15H,10-13H2,1-4H3,(H,22,25)/t15-,28?/m0/s1. The molecule has 0 radical (unpaired) electrons. The predicted molar refractivity (Wildman–Crippen MR) is 110 cm³/mol. The Hall–Kier alpha value is -1.28. The fourth-order valence-electron chi connectivity index (χ4n) is 2.14. The monoisotopic (exact) mass is 451 g/mol. The normalized spacial score (nSPS) is 15.0. The number of rotatable bonds is 12. The van der Waals surface area contributed by atoms with E-state index in [1.165, 1.54) is 6.92 Å². The number of halogens is 2. The topological polar surface area (TPSA) is 81.7 Å². The maximum atomic E-state index is 13.9. The summed E-state index contributed by atoms with van der Waals surface area (Å²) in [6.07, 6.45) is 0.356. The van der Waals surface area contributed by atoms with Crippen LogP contribution in [0.2, 0.25) is 0 Å². The van der Waals surface area contributed by atoms with Gasteiger partial charge in [0.1, 0.15) is 12.6 Å². The molecule has 0 heterocycles. The van der Waals surface area contributed by atoms with Gasteiger partial charge >= 0.3 is 19.2 Å². The van der Waals surface area contributed by atoms with E-state index >= 15 is 0 Å². The molecule has 1 unspecified atom stereocenters. The summed E-state index contributed by atoms with van der Waals surface area (Å²) < 4.78 is 50.5. The van der Waals surface area contributed by atoms with Gasteiger partial charge in [0, 0.05) is 19.1 Å². The van der Waals surface area contributed by atoms with Gasteiger partial charge in [-0.2, -0.15) is 8.78 Å². The largest absolute Gasteiger partial charge is 0.460 e. The highest BCUT2D eigenvalue weighted by molar-refractivity contribution is 8.13. The lowest BCUT2D eigenvalue weighted by molar-refractivity contribution is -0.146. The summed E-state index contributed by atoms with van der Waals surface area (Å²) in [7, 11) is -4.71. The molecular weight excluding hydrogens is 423 g/mol. The molecular formula is C19H28F2NO5PS. The second-order valence-electron chi connectivity index (χ2n) is 6.99. The summed E-state index contributed by atoms with van der Waals surface area (Å²) in [5.74, 6) is -0.560. The molecule has 1 rings (SSSR count). The van der Waals surface area contributed by atoms with Crippen LogP contribution in [0.5, 0.6) is 0 Å². The number of hydrogen-bond donors (Lipinski definition) is 1. The Morgan fingerprint density at radius 1 is 1.21 bits per heavy atom. The number of thioether (sulfide) groups is 1. The minimum atomic E-state index is -4.71. The van der Waals surface area contributed by atoms with Crippen LogP contribution in [0.1, 0.15) is 39.7 Å². The van der Waals surface area contributed by atoms with Gasteiger partial charge in [-0.25, -0.2) is 5.09 Å². The third-order valence-electron chi connectivity index (χ3n) is 3.65. The number of alkyl halides is 2. The first-order valence-electron chi connectivity index (χ1n) is 9.21. The molecule has 0 aliphatic heterocycles. The van der Waals surface area contributed by atoms with Crippen molar-refractivity contribution in [3.05, 3.63) is 35.9 Å². The molecule has 0 bridgehead atoms. The lowest BCUT2D eigenvalue weighted by Crippen LogP contribution is -2.38. The number of hydrogen-bond acceptors (Lipinski definition) is 6. The van der Waals surface area contributed by atoms with E-state index in [2.05, 4.69) is 5.09 Å². The molecule has 0 saturated heterocycles. The molecule has 6 nitrogen and oxygen atoms in total. The van der Waals surface area contributed by atoms with E-state index in [-0.39, 0.29) is 30.0 Å². The highest BCUT2D eigenvalue weighted by Gasteiger charge is 2.49. The number of ether oxygens (including phenoxy) is 1. The third-order valence-corrected chi connectivity index (χ3v) is 6.82. The lowest BCUT2D eigenvalue weighted by atomic mass is 10.2. The Kier molecular flexibility index (Phi) is 10.5. The molecule has 29 heavy (non-hydrogen) atoms. The van der Waals surface area contributed by atoms with Crippen LogP contribution in [0, 0.1) is 5.92 Å². The van der Waals surface area contributed by atoms with E-state index in [4.69, 9.17) is 9.26 Å². The van der Waals surface area contributed by atoms with Gasteiger partial charge in [0.25, 0.3) is 0 Å². The quantitative estimate of drug-likeness (QED) is 0.277. The van der Waals surface area contributed by atoms with Crippen LogP contribution >= 0.6 is 19.3 Å². The number of carbonyl (C=O) groups excluding carboxylic acids is 2. The van der Waals surface area contributed by atoms with Gasteiger partial charge in [-0.15, -0.1) is 0 Å². The van der Waals surface area contributed by atoms with Crippen molar-refractivity contribution in [2.75, 3.05) is 12.4 Å². The smallest absolute Gasteiger partial charge is 0.338 e. The van der Waals surface area contributed by atoms with Crippen LogP contribution in [0.4, 0.5) is 8.78 Å². The van der Waals surface area contributed by atoms with E-state index in [0.29, 0.717) is 13.3 Å². The van der Waals surface area contributed by atoms with E-state index in [9.17, 15) is 22.9 Å². The molecule has 0 aromatic heterocycles. The molecule has 0 fully saturated rings. The molecule has 1 aromatic rings. The second-order valence-corrected chi connectivity index (χ2v) is 10.5. The first-order chi connectivity index (χ1) is 13.4. The first kappa shape index (κ1) is 25.8. The van der Waals surface area contributed by atoms with Gasteiger partial charge in [0.05, 0.1) is 6.61 Å². The molecule has 0 aliphatic rings. The molecule has 0 amide bonds. The van der Waals surface area contributed by atoms with Crippen molar-refractivity contribution in [2.24, 2.45) is 5.92 Å². The van der Waals surface area contributed by atoms with Gasteiger partial charge in [0.2, 0.25) is 0 Å². The molecule has 10 heteroatoms. The SMILES string of the molecule is CC(C)CC(=O)SCCOP(=O)(N[C@@H](C)C(=O)OCc1ccccc1)C(C)(F)F. The summed E-state index contributed by atoms with van der Waals surface area (Å²) in [5.41, 5.74) is -2.98. The Bertz CT molecular complexity index is 712. The van der Waals surface area contributed by atoms with Gasteiger partial charge in [-0.3, -0.25) is 14.2 Å². The van der Waals surface area contributed by atoms with E-state index in [1.54, 1.807) is 30.3 Å². The van der Waals surface area contributed by atoms with Crippen LogP contribution in [0.15, 0.2) is 30.3 Å². The van der Waals surface area contributed by atoms with Crippen molar-refractivity contribution in [3.63, 3.8) is 0 Å². The van der Waals surface area contributed by atoms with Crippen LogP contribution < -0.4 is 5.09 Å². The van der Waals surface area contributed by atoms with Crippen LogP contribution in [-0.2, 0) is 30.0 Å². The molecule has 164 valence electrons. The number of nitrogens with one attached hydrogen (secondary N) is 1. The fraction of sp³-hybridized carbons (Fsp3) is 0.579. The first-order valence-corrected chi connectivity index (χ1v) is 11.8. The summed E-state index contributed by atoms with van der Waals surface area (Å²) in [5, 5.41) is 2.01. The minimum absolute atomic E-state index is 0.0338. The highest BCUT2D eigenvalue weighted by atomic mass is 32.2. The molecule has 0 spiro atoms. The second kappa shape index (κ2) is 11.8. The maximum Gasteiger partial charge on any atom is 0.338 e. The van der Waals surface area contributed by atoms with Gasteiger partial charge in [-0.05, 0) is 18.4 Å². The van der Waals surface area contributed by atoms with Crippen LogP contribution in [0.25, 0.3) is 0 Å². The summed E-state index contributed by atoms with van der Waals surface area (Å²) >= 11 is 0.938.